The predicted molar refractivity (Wildman–Crippen MR) is 82.3 cm³/mol. The van der Waals surface area contributed by atoms with Gasteiger partial charge in [-0.1, -0.05) is 50.3 Å². The minimum Gasteiger partial charge on any atom is -0.391 e. The Kier molecular flexibility index (Phi) is 4.91. The number of morpholine rings is 1. The SMILES string of the molecule is CC(C)c1ccc(CN2CCOC(C(N)=S)C2)cc1. The summed E-state index contributed by atoms with van der Waals surface area (Å²) >= 11 is 5.00. The lowest BCUT2D eigenvalue weighted by Gasteiger charge is -2.32. The monoisotopic (exact) mass is 278 g/mol. The van der Waals surface area contributed by atoms with Crippen LogP contribution in [0.1, 0.15) is 30.9 Å². The van der Waals surface area contributed by atoms with Crippen LogP contribution in [0.5, 0.6) is 0 Å². The molecule has 1 saturated heterocycles. The summed E-state index contributed by atoms with van der Waals surface area (Å²) in [5, 5.41) is 0. The molecule has 1 aromatic carbocycles. The zero-order valence-corrected chi connectivity index (χ0v) is 12.5. The standard InChI is InChI=1S/C15H22N2OS/c1-11(2)13-5-3-12(4-6-13)9-17-7-8-18-14(10-17)15(16)19/h3-6,11,14H,7-10H2,1-2H3,(H2,16,19). The van der Waals surface area contributed by atoms with Gasteiger partial charge in [-0.25, -0.2) is 0 Å². The van der Waals surface area contributed by atoms with E-state index in [1.807, 2.05) is 0 Å². The Bertz CT molecular complexity index is 430. The minimum atomic E-state index is -0.0984. The Hall–Kier alpha value is -0.970. The fourth-order valence-corrected chi connectivity index (χ4v) is 2.43. The van der Waals surface area contributed by atoms with Gasteiger partial charge in [0.05, 0.1) is 6.61 Å². The fraction of sp³-hybridized carbons (Fsp3) is 0.533. The molecule has 1 aliphatic rings. The molecule has 1 heterocycles. The normalized spacial score (nSPS) is 20.7. The van der Waals surface area contributed by atoms with Crippen LogP contribution >= 0.6 is 12.2 Å². The van der Waals surface area contributed by atoms with Gasteiger partial charge in [-0.15, -0.1) is 0 Å². The van der Waals surface area contributed by atoms with Gasteiger partial charge in [-0.2, -0.15) is 0 Å². The maximum absolute atomic E-state index is 5.66. The number of benzene rings is 1. The van der Waals surface area contributed by atoms with Crippen molar-refractivity contribution >= 4 is 17.2 Å². The Balaban J connectivity index is 1.95. The van der Waals surface area contributed by atoms with Crippen molar-refractivity contribution < 1.29 is 4.74 Å². The molecule has 104 valence electrons. The van der Waals surface area contributed by atoms with Gasteiger partial charge in [0.2, 0.25) is 0 Å². The Labute approximate surface area is 120 Å². The van der Waals surface area contributed by atoms with Crippen molar-refractivity contribution in [3.05, 3.63) is 35.4 Å². The van der Waals surface area contributed by atoms with Crippen LogP contribution in [0, 0.1) is 0 Å². The average molecular weight is 278 g/mol. The number of nitrogens with two attached hydrogens (primary N) is 1. The summed E-state index contributed by atoms with van der Waals surface area (Å²) < 4.78 is 5.55. The Morgan fingerprint density at radius 2 is 2.11 bits per heavy atom. The second-order valence-corrected chi connectivity index (χ2v) is 5.86. The second kappa shape index (κ2) is 6.46. The molecule has 19 heavy (non-hydrogen) atoms. The zero-order valence-electron chi connectivity index (χ0n) is 11.6. The van der Waals surface area contributed by atoms with Crippen LogP contribution in [0.2, 0.25) is 0 Å². The number of rotatable bonds is 4. The van der Waals surface area contributed by atoms with E-state index < -0.39 is 0 Å². The van der Waals surface area contributed by atoms with Gasteiger partial charge in [0, 0.05) is 19.6 Å². The molecule has 0 saturated carbocycles. The topological polar surface area (TPSA) is 38.5 Å². The molecule has 0 spiro atoms. The number of hydrogen-bond acceptors (Lipinski definition) is 3. The largest absolute Gasteiger partial charge is 0.391 e. The number of ether oxygens (including phenoxy) is 1. The summed E-state index contributed by atoms with van der Waals surface area (Å²) in [7, 11) is 0. The van der Waals surface area contributed by atoms with Crippen molar-refractivity contribution in [2.24, 2.45) is 5.73 Å². The van der Waals surface area contributed by atoms with Crippen LogP contribution in [-0.2, 0) is 11.3 Å². The lowest BCUT2D eigenvalue weighted by molar-refractivity contribution is 0.00391. The van der Waals surface area contributed by atoms with E-state index >= 15 is 0 Å². The van der Waals surface area contributed by atoms with Crippen molar-refractivity contribution in [2.45, 2.75) is 32.4 Å². The molecule has 2 rings (SSSR count). The van der Waals surface area contributed by atoms with Gasteiger partial charge in [0.1, 0.15) is 11.1 Å². The summed E-state index contributed by atoms with van der Waals surface area (Å²) in [6.07, 6.45) is -0.0984. The number of thiocarbonyl (C=S) groups is 1. The second-order valence-electron chi connectivity index (χ2n) is 5.39. The molecule has 4 heteroatoms. The summed E-state index contributed by atoms with van der Waals surface area (Å²) in [4.78, 5) is 2.80. The van der Waals surface area contributed by atoms with Crippen LogP contribution in [0.15, 0.2) is 24.3 Å². The minimum absolute atomic E-state index is 0.0984. The number of nitrogens with zero attached hydrogens (tertiary/aromatic N) is 1. The van der Waals surface area contributed by atoms with Crippen LogP contribution in [0.4, 0.5) is 0 Å². The zero-order chi connectivity index (χ0) is 13.8. The summed E-state index contributed by atoms with van der Waals surface area (Å²) in [6, 6.07) is 8.85. The van der Waals surface area contributed by atoms with Crippen LogP contribution in [0.3, 0.4) is 0 Å². The highest BCUT2D eigenvalue weighted by Gasteiger charge is 2.22. The molecule has 1 atom stereocenters. The quantitative estimate of drug-likeness (QED) is 0.858. The van der Waals surface area contributed by atoms with Gasteiger partial charge >= 0.3 is 0 Å². The average Bonchev–Trinajstić information content (AvgIpc) is 2.39. The highest BCUT2D eigenvalue weighted by Crippen LogP contribution is 2.16. The van der Waals surface area contributed by atoms with Gasteiger partial charge in [-0.3, -0.25) is 4.90 Å². The molecule has 1 aromatic rings. The maximum atomic E-state index is 5.66. The van der Waals surface area contributed by atoms with Crippen LogP contribution in [-0.4, -0.2) is 35.7 Å². The van der Waals surface area contributed by atoms with E-state index in [2.05, 4.69) is 43.0 Å². The molecular formula is C15H22N2OS. The lowest BCUT2D eigenvalue weighted by atomic mass is 10.0. The van der Waals surface area contributed by atoms with E-state index in [1.165, 1.54) is 11.1 Å². The van der Waals surface area contributed by atoms with Crippen molar-refractivity contribution in [1.29, 1.82) is 0 Å². The third-order valence-electron chi connectivity index (χ3n) is 3.52. The molecule has 1 unspecified atom stereocenters. The van der Waals surface area contributed by atoms with Crippen molar-refractivity contribution in [3.63, 3.8) is 0 Å². The van der Waals surface area contributed by atoms with E-state index in [9.17, 15) is 0 Å². The molecule has 1 fully saturated rings. The molecule has 0 bridgehead atoms. The highest BCUT2D eigenvalue weighted by molar-refractivity contribution is 7.80. The summed E-state index contributed by atoms with van der Waals surface area (Å²) in [6.45, 7) is 7.78. The van der Waals surface area contributed by atoms with E-state index in [0.29, 0.717) is 17.5 Å². The Morgan fingerprint density at radius 1 is 1.42 bits per heavy atom. The predicted octanol–water partition coefficient (Wildman–Crippen LogP) is 2.30. The molecule has 0 amide bonds. The molecule has 1 aliphatic heterocycles. The number of hydrogen-bond donors (Lipinski definition) is 1. The molecule has 3 nitrogen and oxygen atoms in total. The van der Waals surface area contributed by atoms with E-state index in [4.69, 9.17) is 22.7 Å². The first kappa shape index (κ1) is 14.4. The molecule has 2 N–H and O–H groups in total. The Morgan fingerprint density at radius 3 is 2.68 bits per heavy atom. The molecule has 0 aromatic heterocycles. The molecule has 0 radical (unpaired) electrons. The van der Waals surface area contributed by atoms with E-state index in [1.54, 1.807) is 0 Å². The maximum Gasteiger partial charge on any atom is 0.120 e. The van der Waals surface area contributed by atoms with Gasteiger partial charge in [0.25, 0.3) is 0 Å². The van der Waals surface area contributed by atoms with Crippen LogP contribution in [0.25, 0.3) is 0 Å². The molecular weight excluding hydrogens is 256 g/mol. The summed E-state index contributed by atoms with van der Waals surface area (Å²) in [5.41, 5.74) is 8.36. The first-order chi connectivity index (χ1) is 9.06. The van der Waals surface area contributed by atoms with E-state index in [-0.39, 0.29) is 6.10 Å². The van der Waals surface area contributed by atoms with Gasteiger partial charge in [0.15, 0.2) is 0 Å². The third kappa shape index (κ3) is 4.00. The van der Waals surface area contributed by atoms with Crippen molar-refractivity contribution in [2.75, 3.05) is 19.7 Å². The fourth-order valence-electron chi connectivity index (χ4n) is 2.28. The van der Waals surface area contributed by atoms with Gasteiger partial charge < -0.3 is 10.5 Å². The van der Waals surface area contributed by atoms with Crippen molar-refractivity contribution in [1.82, 2.24) is 4.90 Å². The smallest absolute Gasteiger partial charge is 0.120 e. The summed E-state index contributed by atoms with van der Waals surface area (Å²) in [5.74, 6) is 0.580. The first-order valence-electron chi connectivity index (χ1n) is 6.78. The van der Waals surface area contributed by atoms with Gasteiger partial charge in [-0.05, 0) is 17.0 Å². The highest BCUT2D eigenvalue weighted by atomic mass is 32.1. The first-order valence-corrected chi connectivity index (χ1v) is 7.19. The third-order valence-corrected chi connectivity index (χ3v) is 3.78. The van der Waals surface area contributed by atoms with Crippen LogP contribution < -0.4 is 5.73 Å². The molecule has 0 aliphatic carbocycles. The lowest BCUT2D eigenvalue weighted by Crippen LogP contribution is -2.47. The van der Waals surface area contributed by atoms with Crippen molar-refractivity contribution in [3.8, 4) is 0 Å². The van der Waals surface area contributed by atoms with E-state index in [0.717, 1.165) is 19.6 Å².